The second kappa shape index (κ2) is 7.61. The van der Waals surface area contributed by atoms with Crippen molar-refractivity contribution in [3.63, 3.8) is 0 Å². The van der Waals surface area contributed by atoms with Crippen molar-refractivity contribution in [1.82, 2.24) is 10.2 Å². The largest absolute Gasteiger partial charge is 0.267 e. The fourth-order valence-corrected chi connectivity index (χ4v) is 7.77. The number of hydrogen-bond acceptors (Lipinski definition) is 6. The van der Waals surface area contributed by atoms with Gasteiger partial charge < -0.3 is 0 Å². The van der Waals surface area contributed by atoms with Gasteiger partial charge in [0.15, 0.2) is 0 Å². The van der Waals surface area contributed by atoms with Crippen LogP contribution in [-0.2, 0) is 15.4 Å². The van der Waals surface area contributed by atoms with Crippen molar-refractivity contribution in [3.8, 4) is 10.6 Å². The Hall–Kier alpha value is -0.710. The number of aromatic nitrogens is 2. The molecular formula is C16H14BrCl2N3O2S3. The zero-order chi connectivity index (χ0) is 20.0. The van der Waals surface area contributed by atoms with Gasteiger partial charge in [0.25, 0.3) is 10.0 Å². The summed E-state index contributed by atoms with van der Waals surface area (Å²) in [6, 6.07) is 7.96. The molecule has 1 aromatic carbocycles. The summed E-state index contributed by atoms with van der Waals surface area (Å²) in [7, 11) is -3.94. The molecule has 0 unspecified atom stereocenters. The van der Waals surface area contributed by atoms with Crippen molar-refractivity contribution in [2.24, 2.45) is 0 Å². The summed E-state index contributed by atoms with van der Waals surface area (Å²) < 4.78 is 28.2. The van der Waals surface area contributed by atoms with Crippen molar-refractivity contribution in [1.29, 1.82) is 0 Å². The molecule has 0 spiro atoms. The molecule has 0 radical (unpaired) electrons. The molecule has 2 aromatic heterocycles. The highest BCUT2D eigenvalue weighted by Crippen LogP contribution is 2.43. The summed E-state index contributed by atoms with van der Waals surface area (Å²) in [5.74, 6) is 0. The maximum atomic E-state index is 12.6. The lowest BCUT2D eigenvalue weighted by molar-refractivity contribution is 0.590. The van der Waals surface area contributed by atoms with E-state index in [9.17, 15) is 8.42 Å². The molecule has 2 heterocycles. The Morgan fingerprint density at radius 1 is 1.04 bits per heavy atom. The number of halogens is 3. The fraction of sp³-hybridized carbons (Fsp3) is 0.250. The minimum Gasteiger partial charge on any atom is -0.253 e. The van der Waals surface area contributed by atoms with Gasteiger partial charge in [-0.1, -0.05) is 79.6 Å². The van der Waals surface area contributed by atoms with Crippen molar-refractivity contribution < 1.29 is 8.42 Å². The second-order valence-corrected chi connectivity index (χ2v) is 12.3. The van der Waals surface area contributed by atoms with E-state index in [0.717, 1.165) is 28.2 Å². The van der Waals surface area contributed by atoms with Gasteiger partial charge in [0, 0.05) is 5.56 Å². The minimum absolute atomic E-state index is 0.0505. The molecule has 0 saturated carbocycles. The fourth-order valence-electron chi connectivity index (χ4n) is 2.23. The van der Waals surface area contributed by atoms with E-state index in [1.807, 2.05) is 24.3 Å². The Morgan fingerprint density at radius 2 is 1.67 bits per heavy atom. The average molecular weight is 527 g/mol. The van der Waals surface area contributed by atoms with Crippen LogP contribution in [0.4, 0.5) is 5.13 Å². The van der Waals surface area contributed by atoms with Crippen LogP contribution in [0.5, 0.6) is 0 Å². The zero-order valence-corrected chi connectivity index (χ0v) is 19.9. The van der Waals surface area contributed by atoms with Gasteiger partial charge in [-0.25, -0.2) is 8.42 Å². The lowest BCUT2D eigenvalue weighted by Crippen LogP contribution is -2.13. The average Bonchev–Trinajstić information content (AvgIpc) is 3.11. The van der Waals surface area contributed by atoms with E-state index in [1.54, 1.807) is 0 Å². The molecule has 0 aliphatic rings. The van der Waals surface area contributed by atoms with Crippen molar-refractivity contribution in [3.05, 3.63) is 43.0 Å². The summed E-state index contributed by atoms with van der Waals surface area (Å²) >= 11 is 17.2. The highest BCUT2D eigenvalue weighted by Gasteiger charge is 2.27. The van der Waals surface area contributed by atoms with Crippen molar-refractivity contribution in [2.45, 2.75) is 31.1 Å². The molecule has 0 fully saturated rings. The predicted octanol–water partition coefficient (Wildman–Crippen LogP) is 6.43. The van der Waals surface area contributed by atoms with Gasteiger partial charge in [0.2, 0.25) is 5.13 Å². The van der Waals surface area contributed by atoms with Crippen LogP contribution >= 0.6 is 61.8 Å². The van der Waals surface area contributed by atoms with Crippen molar-refractivity contribution in [2.75, 3.05) is 4.72 Å². The lowest BCUT2D eigenvalue weighted by atomic mass is 9.87. The molecule has 0 aliphatic carbocycles. The topological polar surface area (TPSA) is 72.0 Å². The Labute approximate surface area is 183 Å². The van der Waals surface area contributed by atoms with E-state index in [4.69, 9.17) is 23.2 Å². The third kappa shape index (κ3) is 4.49. The molecule has 11 heteroatoms. The molecule has 5 nitrogen and oxygen atoms in total. The number of anilines is 1. The third-order valence-electron chi connectivity index (χ3n) is 3.64. The van der Waals surface area contributed by atoms with E-state index in [2.05, 4.69) is 51.6 Å². The predicted molar refractivity (Wildman–Crippen MR) is 117 cm³/mol. The third-order valence-corrected chi connectivity index (χ3v) is 9.46. The minimum atomic E-state index is -3.94. The van der Waals surface area contributed by atoms with Gasteiger partial charge in [0.1, 0.15) is 18.6 Å². The molecule has 1 N–H and O–H groups in total. The summed E-state index contributed by atoms with van der Waals surface area (Å²) in [5, 5.41) is 8.77. The zero-order valence-electron chi connectivity index (χ0n) is 14.4. The van der Waals surface area contributed by atoms with Crippen LogP contribution < -0.4 is 4.72 Å². The van der Waals surface area contributed by atoms with Gasteiger partial charge >= 0.3 is 0 Å². The molecule has 144 valence electrons. The molecule has 27 heavy (non-hydrogen) atoms. The lowest BCUT2D eigenvalue weighted by Gasteiger charge is -2.18. The number of nitrogens with one attached hydrogen (secondary N) is 1. The standard InChI is InChI=1S/C16H14BrCl2N3O2S3/c1-16(2,3)9-6-4-8(5-7-9)14-20-21-15(26-14)22-27(23,24)11-10(17)12(18)25-13(11)19/h4-7H,1-3H3,(H,21,22). The number of thiophene rings is 1. The highest BCUT2D eigenvalue weighted by molar-refractivity contribution is 9.10. The molecule has 0 amide bonds. The smallest absolute Gasteiger partial charge is 0.253 e. The van der Waals surface area contributed by atoms with Crippen LogP contribution in [0.1, 0.15) is 26.3 Å². The maximum Gasteiger partial charge on any atom is 0.267 e. The molecule has 3 aromatic rings. The van der Waals surface area contributed by atoms with Crippen LogP contribution in [0.25, 0.3) is 10.6 Å². The van der Waals surface area contributed by atoms with Crippen LogP contribution in [-0.4, -0.2) is 18.6 Å². The summed E-state index contributed by atoms with van der Waals surface area (Å²) in [5.41, 5.74) is 2.11. The number of rotatable bonds is 4. The van der Waals surface area contributed by atoms with Gasteiger partial charge in [-0.05, 0) is 26.9 Å². The first-order chi connectivity index (χ1) is 12.5. The van der Waals surface area contributed by atoms with E-state index < -0.39 is 10.0 Å². The van der Waals surface area contributed by atoms with Crippen LogP contribution in [0, 0.1) is 0 Å². The van der Waals surface area contributed by atoms with Gasteiger partial charge in [-0.2, -0.15) is 0 Å². The summed E-state index contributed by atoms with van der Waals surface area (Å²) in [6.45, 7) is 6.42. The monoisotopic (exact) mass is 525 g/mol. The number of sulfonamides is 1. The highest BCUT2D eigenvalue weighted by atomic mass is 79.9. The summed E-state index contributed by atoms with van der Waals surface area (Å²) in [4.78, 5) is -0.106. The van der Waals surface area contributed by atoms with E-state index in [1.165, 1.54) is 5.56 Å². The van der Waals surface area contributed by atoms with Gasteiger partial charge in [-0.3, -0.25) is 4.72 Å². The van der Waals surface area contributed by atoms with E-state index in [-0.39, 0.29) is 28.6 Å². The maximum absolute atomic E-state index is 12.6. The molecule has 3 rings (SSSR count). The van der Waals surface area contributed by atoms with Crippen LogP contribution in [0.2, 0.25) is 8.67 Å². The summed E-state index contributed by atoms with van der Waals surface area (Å²) in [6.07, 6.45) is 0. The SMILES string of the molecule is CC(C)(C)c1ccc(-c2nnc(NS(=O)(=O)c3c(Cl)sc(Cl)c3Br)s2)cc1. The molecular weight excluding hydrogens is 513 g/mol. The van der Waals surface area contributed by atoms with Gasteiger partial charge in [-0.15, -0.1) is 21.5 Å². The molecule has 0 atom stereocenters. The number of nitrogens with zero attached hydrogens (tertiary/aromatic N) is 2. The molecule has 0 saturated heterocycles. The first-order valence-corrected chi connectivity index (χ1v) is 12.3. The van der Waals surface area contributed by atoms with Gasteiger partial charge in [0.05, 0.1) is 4.47 Å². The quantitative estimate of drug-likeness (QED) is 0.424. The Kier molecular flexibility index (Phi) is 5.92. The first-order valence-electron chi connectivity index (χ1n) is 7.59. The number of hydrogen-bond donors (Lipinski definition) is 1. The Balaban J connectivity index is 1.86. The second-order valence-electron chi connectivity index (χ2n) is 6.64. The van der Waals surface area contributed by atoms with Crippen LogP contribution in [0.15, 0.2) is 33.6 Å². The van der Waals surface area contributed by atoms with Crippen molar-refractivity contribution >= 4 is 77.0 Å². The van der Waals surface area contributed by atoms with E-state index >= 15 is 0 Å². The Bertz CT molecular complexity index is 1090. The molecule has 0 aliphatic heterocycles. The first kappa shape index (κ1) is 21.0. The van der Waals surface area contributed by atoms with E-state index in [0.29, 0.717) is 5.01 Å². The van der Waals surface area contributed by atoms with Crippen LogP contribution in [0.3, 0.4) is 0 Å². The molecule has 0 bridgehead atoms. The normalized spacial score (nSPS) is 12.4. The number of benzene rings is 1. The Morgan fingerprint density at radius 3 is 2.19 bits per heavy atom.